The maximum atomic E-state index is 12.7. The van der Waals surface area contributed by atoms with Gasteiger partial charge >= 0.3 is 5.97 Å². The van der Waals surface area contributed by atoms with Crippen LogP contribution in [-0.4, -0.2) is 17.0 Å². The summed E-state index contributed by atoms with van der Waals surface area (Å²) in [6.07, 6.45) is 5.77. The van der Waals surface area contributed by atoms with Gasteiger partial charge in [0.25, 0.3) is 0 Å². The fraction of sp³-hybridized carbons (Fsp3) is 0.474. The quantitative estimate of drug-likeness (QED) is 0.834. The van der Waals surface area contributed by atoms with E-state index in [9.17, 15) is 14.7 Å². The largest absolute Gasteiger partial charge is 0.481 e. The highest BCUT2D eigenvalue weighted by atomic mass is 16.4. The lowest BCUT2D eigenvalue weighted by Gasteiger charge is -2.41. The van der Waals surface area contributed by atoms with Gasteiger partial charge in [0.1, 0.15) is 0 Å². The highest BCUT2D eigenvalue weighted by Crippen LogP contribution is 2.45. The van der Waals surface area contributed by atoms with E-state index in [4.69, 9.17) is 0 Å². The van der Waals surface area contributed by atoms with Crippen LogP contribution in [-0.2, 0) is 9.59 Å². The predicted molar refractivity (Wildman–Crippen MR) is 89.1 cm³/mol. The molecule has 0 radical (unpaired) electrons. The highest BCUT2D eigenvalue weighted by molar-refractivity contribution is 5.96. The molecule has 0 spiro atoms. The number of aliphatic carboxylic acids is 1. The number of anilines is 1. The Bertz CT molecular complexity index is 633. The van der Waals surface area contributed by atoms with Crippen LogP contribution in [0.25, 0.3) is 0 Å². The molecule has 3 aliphatic carbocycles. The van der Waals surface area contributed by atoms with Crippen LogP contribution in [0.2, 0.25) is 0 Å². The average molecular weight is 313 g/mol. The Morgan fingerprint density at radius 3 is 2.09 bits per heavy atom. The minimum Gasteiger partial charge on any atom is -0.481 e. The number of hydrogen-bond donors (Lipinski definition) is 2. The van der Waals surface area contributed by atoms with Crippen LogP contribution in [0.15, 0.2) is 36.4 Å². The lowest BCUT2D eigenvalue weighted by molar-refractivity contribution is -0.151. The van der Waals surface area contributed by atoms with Crippen molar-refractivity contribution in [3.8, 4) is 0 Å². The number of carbonyl (C=O) groups is 2. The normalized spacial score (nSPS) is 28.8. The van der Waals surface area contributed by atoms with E-state index in [2.05, 4.69) is 19.2 Å². The molecule has 23 heavy (non-hydrogen) atoms. The Morgan fingerprint density at radius 1 is 1.04 bits per heavy atom. The van der Waals surface area contributed by atoms with Gasteiger partial charge in [-0.25, -0.2) is 0 Å². The number of nitrogens with one attached hydrogen (secondary N) is 1. The summed E-state index contributed by atoms with van der Waals surface area (Å²) in [6.45, 7) is 4.24. The SMILES string of the molecule is CC(C)c1ccc(NC(=O)[C@H]2[C@@H](C(=O)O)[C@H]3C=C[C@H]2CC3)cc1. The van der Waals surface area contributed by atoms with E-state index in [1.54, 1.807) is 0 Å². The van der Waals surface area contributed by atoms with Crippen LogP contribution >= 0.6 is 0 Å². The molecule has 4 nitrogen and oxygen atoms in total. The van der Waals surface area contributed by atoms with E-state index >= 15 is 0 Å². The van der Waals surface area contributed by atoms with E-state index in [1.165, 1.54) is 5.56 Å². The van der Waals surface area contributed by atoms with Crippen LogP contribution < -0.4 is 5.32 Å². The van der Waals surface area contributed by atoms with Gasteiger partial charge < -0.3 is 10.4 Å². The summed E-state index contributed by atoms with van der Waals surface area (Å²) < 4.78 is 0. The monoisotopic (exact) mass is 313 g/mol. The Labute approximate surface area is 136 Å². The Balaban J connectivity index is 1.76. The minimum absolute atomic E-state index is 0.0171. The van der Waals surface area contributed by atoms with Gasteiger partial charge in [0.2, 0.25) is 5.91 Å². The highest BCUT2D eigenvalue weighted by Gasteiger charge is 2.48. The molecule has 1 aromatic carbocycles. The Hall–Kier alpha value is -2.10. The third-order valence-corrected chi connectivity index (χ3v) is 5.18. The zero-order valence-electron chi connectivity index (χ0n) is 13.5. The molecule has 4 heteroatoms. The maximum absolute atomic E-state index is 12.7. The van der Waals surface area contributed by atoms with E-state index in [1.807, 2.05) is 36.4 Å². The topological polar surface area (TPSA) is 66.4 Å². The summed E-state index contributed by atoms with van der Waals surface area (Å²) in [5.74, 6) is -1.65. The molecule has 3 aliphatic rings. The summed E-state index contributed by atoms with van der Waals surface area (Å²) in [6, 6.07) is 7.78. The van der Waals surface area contributed by atoms with Gasteiger partial charge in [-0.3, -0.25) is 9.59 Å². The third-order valence-electron chi connectivity index (χ3n) is 5.18. The fourth-order valence-electron chi connectivity index (χ4n) is 3.87. The van der Waals surface area contributed by atoms with Crippen molar-refractivity contribution in [2.45, 2.75) is 32.6 Å². The first-order chi connectivity index (χ1) is 11.0. The second-order valence-electron chi connectivity index (χ2n) is 6.95. The van der Waals surface area contributed by atoms with E-state index in [0.29, 0.717) is 5.92 Å². The molecule has 1 amide bonds. The van der Waals surface area contributed by atoms with Crippen LogP contribution in [0, 0.1) is 23.7 Å². The van der Waals surface area contributed by atoms with Crippen LogP contribution in [0.5, 0.6) is 0 Å². The molecule has 0 saturated heterocycles. The molecule has 2 N–H and O–H groups in total. The van der Waals surface area contributed by atoms with Gasteiger partial charge in [0.15, 0.2) is 0 Å². The number of carbonyl (C=O) groups excluding carboxylic acids is 1. The first-order valence-electron chi connectivity index (χ1n) is 8.29. The molecule has 122 valence electrons. The van der Waals surface area contributed by atoms with Gasteiger partial charge in [0.05, 0.1) is 11.8 Å². The van der Waals surface area contributed by atoms with Crippen LogP contribution in [0.1, 0.15) is 38.2 Å². The zero-order valence-corrected chi connectivity index (χ0v) is 13.5. The summed E-state index contributed by atoms with van der Waals surface area (Å²) in [5.41, 5.74) is 1.94. The molecule has 1 fully saturated rings. The summed E-state index contributed by atoms with van der Waals surface area (Å²) in [5, 5.41) is 12.4. The van der Waals surface area contributed by atoms with Crippen molar-refractivity contribution in [2.75, 3.05) is 5.32 Å². The molecule has 0 aliphatic heterocycles. The molecule has 1 aromatic rings. The van der Waals surface area contributed by atoms with Gasteiger partial charge in [-0.2, -0.15) is 0 Å². The first-order valence-corrected chi connectivity index (χ1v) is 8.29. The molecule has 4 atom stereocenters. The first kappa shape index (κ1) is 15.8. The van der Waals surface area contributed by atoms with Gasteiger partial charge in [0, 0.05) is 5.69 Å². The van der Waals surface area contributed by atoms with Crippen molar-refractivity contribution in [1.82, 2.24) is 0 Å². The van der Waals surface area contributed by atoms with Gasteiger partial charge in [-0.15, -0.1) is 0 Å². The van der Waals surface area contributed by atoms with Crippen LogP contribution in [0.3, 0.4) is 0 Å². The van der Waals surface area contributed by atoms with Crippen molar-refractivity contribution in [1.29, 1.82) is 0 Å². The van der Waals surface area contributed by atoms with Gasteiger partial charge in [-0.1, -0.05) is 38.1 Å². The number of hydrogen-bond acceptors (Lipinski definition) is 2. The number of fused-ring (bicyclic) bond motifs is 2. The molecular formula is C19H23NO3. The number of carboxylic acids is 1. The van der Waals surface area contributed by atoms with Crippen molar-refractivity contribution in [3.05, 3.63) is 42.0 Å². The molecule has 1 saturated carbocycles. The van der Waals surface area contributed by atoms with Crippen molar-refractivity contribution >= 4 is 17.6 Å². The van der Waals surface area contributed by atoms with Crippen molar-refractivity contribution in [3.63, 3.8) is 0 Å². The molecule has 0 unspecified atom stereocenters. The smallest absolute Gasteiger partial charge is 0.307 e. The average Bonchev–Trinajstić information content (AvgIpc) is 2.55. The summed E-state index contributed by atoms with van der Waals surface area (Å²) in [7, 11) is 0. The lowest BCUT2D eigenvalue weighted by atomic mass is 9.62. The molecule has 2 bridgehead atoms. The molecule has 0 aromatic heterocycles. The lowest BCUT2D eigenvalue weighted by Crippen LogP contribution is -2.47. The Kier molecular flexibility index (Phi) is 4.24. The van der Waals surface area contributed by atoms with Crippen molar-refractivity contribution < 1.29 is 14.7 Å². The van der Waals surface area contributed by atoms with Crippen molar-refractivity contribution in [2.24, 2.45) is 23.7 Å². The second kappa shape index (κ2) is 6.19. The molecular weight excluding hydrogens is 290 g/mol. The number of amides is 1. The minimum atomic E-state index is -0.862. The number of carboxylic acid groups (broad SMARTS) is 1. The van der Waals surface area contributed by atoms with Crippen LogP contribution in [0.4, 0.5) is 5.69 Å². The number of rotatable bonds is 4. The van der Waals surface area contributed by atoms with E-state index in [-0.39, 0.29) is 17.7 Å². The summed E-state index contributed by atoms with van der Waals surface area (Å²) >= 11 is 0. The fourth-order valence-corrected chi connectivity index (χ4v) is 3.87. The third kappa shape index (κ3) is 3.03. The summed E-state index contributed by atoms with van der Waals surface area (Å²) in [4.78, 5) is 24.3. The van der Waals surface area contributed by atoms with E-state index in [0.717, 1.165) is 18.5 Å². The number of allylic oxidation sites excluding steroid dienone is 2. The standard InChI is InChI=1S/C19H23NO3/c1-11(2)12-7-9-15(10-8-12)20-18(21)16-13-3-5-14(6-4-13)17(16)19(22)23/h3,5,7-11,13-14,16-17H,4,6H2,1-2H3,(H,20,21)(H,22,23)/t13-,14-,16+,17-/m0/s1. The van der Waals surface area contributed by atoms with E-state index < -0.39 is 17.8 Å². The molecule has 4 rings (SSSR count). The second-order valence-corrected chi connectivity index (χ2v) is 6.95. The predicted octanol–water partition coefficient (Wildman–Crippen LogP) is 3.66. The Morgan fingerprint density at radius 2 is 1.61 bits per heavy atom. The maximum Gasteiger partial charge on any atom is 0.307 e. The number of benzene rings is 1. The zero-order chi connectivity index (χ0) is 16.6. The van der Waals surface area contributed by atoms with Gasteiger partial charge in [-0.05, 0) is 48.3 Å². The molecule has 0 heterocycles.